The molecule has 1 N–H and O–H groups in total. The normalized spacial score (nSPS) is 18.4. The van der Waals surface area contributed by atoms with Crippen molar-refractivity contribution in [2.75, 3.05) is 13.6 Å². The third-order valence-corrected chi connectivity index (χ3v) is 9.39. The zero-order valence-electron chi connectivity index (χ0n) is 20.9. The minimum Gasteiger partial charge on any atom is -0.460 e. The number of ether oxygens (including phenoxy) is 1. The van der Waals surface area contributed by atoms with Crippen molar-refractivity contribution in [2.24, 2.45) is 0 Å². The van der Waals surface area contributed by atoms with E-state index in [-0.39, 0.29) is 6.10 Å². The average Bonchev–Trinajstić information content (AvgIpc) is 3.71. The number of aldehydes is 1. The summed E-state index contributed by atoms with van der Waals surface area (Å²) in [6.45, 7) is 1.91. The first kappa shape index (κ1) is 25.9. The van der Waals surface area contributed by atoms with Crippen LogP contribution in [0.25, 0.3) is 10.9 Å². The Kier molecular flexibility index (Phi) is 7.90. The molecule has 1 aliphatic carbocycles. The maximum absolute atomic E-state index is 13.2. The SMILES string of the molecule is CN(CCCn1ccc2cc(C=O)ccc21)[C@H]1CC[C@H](OC(=O)C(O)(c2cccs2)c2cccs2)CC1. The van der Waals surface area contributed by atoms with E-state index in [2.05, 4.69) is 28.8 Å². The second-order valence-electron chi connectivity index (χ2n) is 9.78. The van der Waals surface area contributed by atoms with Crippen molar-refractivity contribution in [2.45, 2.75) is 56.4 Å². The number of thiophene rings is 2. The maximum atomic E-state index is 13.2. The van der Waals surface area contributed by atoms with Crippen molar-refractivity contribution in [3.63, 3.8) is 0 Å². The fourth-order valence-electron chi connectivity index (χ4n) is 5.29. The number of rotatable bonds is 10. The smallest absolute Gasteiger partial charge is 0.349 e. The number of hydrogen-bond donors (Lipinski definition) is 1. The summed E-state index contributed by atoms with van der Waals surface area (Å²) in [5.74, 6) is -0.576. The van der Waals surface area contributed by atoms with Gasteiger partial charge < -0.3 is 19.3 Å². The molecule has 6 nitrogen and oxygen atoms in total. The second kappa shape index (κ2) is 11.3. The molecule has 3 heterocycles. The lowest BCUT2D eigenvalue weighted by Gasteiger charge is -2.35. The van der Waals surface area contributed by atoms with Crippen molar-refractivity contribution in [1.82, 2.24) is 9.47 Å². The third-order valence-electron chi connectivity index (χ3n) is 7.43. The van der Waals surface area contributed by atoms with Gasteiger partial charge in [0.25, 0.3) is 0 Å². The molecule has 0 amide bonds. The first-order valence-electron chi connectivity index (χ1n) is 12.7. The zero-order chi connectivity index (χ0) is 25.8. The lowest BCUT2D eigenvalue weighted by Crippen LogP contribution is -2.42. The van der Waals surface area contributed by atoms with Gasteiger partial charge in [0.15, 0.2) is 0 Å². The summed E-state index contributed by atoms with van der Waals surface area (Å²) in [7, 11) is 2.17. The van der Waals surface area contributed by atoms with Crippen molar-refractivity contribution < 1.29 is 19.4 Å². The molecule has 5 rings (SSSR count). The molecule has 0 radical (unpaired) electrons. The molecular weight excluding hydrogens is 504 g/mol. The molecule has 0 spiro atoms. The highest BCUT2D eigenvalue weighted by molar-refractivity contribution is 7.12. The first-order valence-corrected chi connectivity index (χ1v) is 14.5. The molecule has 0 aliphatic heterocycles. The number of aromatic nitrogens is 1. The Morgan fingerprint density at radius 2 is 1.81 bits per heavy atom. The van der Waals surface area contributed by atoms with Gasteiger partial charge in [0.2, 0.25) is 5.60 Å². The van der Waals surface area contributed by atoms with E-state index < -0.39 is 11.6 Å². The van der Waals surface area contributed by atoms with Crippen LogP contribution in [0.4, 0.5) is 0 Å². The summed E-state index contributed by atoms with van der Waals surface area (Å²) in [6, 6.07) is 15.6. The zero-order valence-corrected chi connectivity index (χ0v) is 22.5. The third kappa shape index (κ3) is 5.43. The number of fused-ring (bicyclic) bond motifs is 1. The summed E-state index contributed by atoms with van der Waals surface area (Å²) < 4.78 is 8.15. The number of aryl methyl sites for hydroxylation is 1. The summed E-state index contributed by atoms with van der Waals surface area (Å²) in [4.78, 5) is 27.9. The highest BCUT2D eigenvalue weighted by Gasteiger charge is 2.45. The Morgan fingerprint density at radius 3 is 2.43 bits per heavy atom. The molecule has 1 fully saturated rings. The van der Waals surface area contributed by atoms with E-state index in [1.807, 2.05) is 41.1 Å². The van der Waals surface area contributed by atoms with Gasteiger partial charge in [-0.2, -0.15) is 0 Å². The monoisotopic (exact) mass is 536 g/mol. The van der Waals surface area contributed by atoms with Crippen LogP contribution in [-0.4, -0.2) is 52.6 Å². The summed E-state index contributed by atoms with van der Waals surface area (Å²) in [5.41, 5.74) is 0.113. The minimum absolute atomic E-state index is 0.175. The van der Waals surface area contributed by atoms with Crippen LogP contribution in [0, 0.1) is 0 Å². The van der Waals surface area contributed by atoms with Crippen molar-refractivity contribution in [3.05, 3.63) is 80.8 Å². The van der Waals surface area contributed by atoms with E-state index in [1.54, 1.807) is 12.1 Å². The van der Waals surface area contributed by atoms with Crippen LogP contribution in [0.1, 0.15) is 52.2 Å². The van der Waals surface area contributed by atoms with Crippen LogP contribution in [-0.2, 0) is 21.7 Å². The molecule has 1 saturated carbocycles. The number of benzene rings is 1. The lowest BCUT2D eigenvalue weighted by molar-refractivity contribution is -0.169. The molecule has 1 aromatic carbocycles. The number of carbonyl (C=O) groups is 2. The number of nitrogens with zero attached hydrogens (tertiary/aromatic N) is 2. The molecule has 1 aliphatic rings. The Labute approximate surface area is 225 Å². The first-order chi connectivity index (χ1) is 18.0. The molecule has 0 bridgehead atoms. The number of esters is 1. The average molecular weight is 537 g/mol. The molecule has 4 aromatic rings. The highest BCUT2D eigenvalue weighted by atomic mass is 32.1. The van der Waals surface area contributed by atoms with Gasteiger partial charge in [-0.25, -0.2) is 4.79 Å². The quantitative estimate of drug-likeness (QED) is 0.208. The predicted octanol–water partition coefficient (Wildman–Crippen LogP) is 5.69. The largest absolute Gasteiger partial charge is 0.460 e. The van der Waals surface area contributed by atoms with Crippen LogP contribution >= 0.6 is 22.7 Å². The van der Waals surface area contributed by atoms with E-state index in [0.717, 1.165) is 62.4 Å². The van der Waals surface area contributed by atoms with Gasteiger partial charge in [0.05, 0.1) is 9.75 Å². The number of hydrogen-bond acceptors (Lipinski definition) is 7. The van der Waals surface area contributed by atoms with Crippen molar-refractivity contribution in [3.8, 4) is 0 Å². The van der Waals surface area contributed by atoms with Gasteiger partial charge in [-0.3, -0.25) is 4.79 Å². The van der Waals surface area contributed by atoms with Crippen LogP contribution in [0.2, 0.25) is 0 Å². The Morgan fingerprint density at radius 1 is 1.11 bits per heavy atom. The van der Waals surface area contributed by atoms with Gasteiger partial charge in [-0.05, 0) is 92.9 Å². The van der Waals surface area contributed by atoms with Gasteiger partial charge >= 0.3 is 5.97 Å². The van der Waals surface area contributed by atoms with E-state index >= 15 is 0 Å². The lowest BCUT2D eigenvalue weighted by atomic mass is 9.91. The van der Waals surface area contributed by atoms with Crippen molar-refractivity contribution >= 4 is 45.8 Å². The summed E-state index contributed by atoms with van der Waals surface area (Å²) in [6.07, 6.45) is 7.35. The van der Waals surface area contributed by atoms with E-state index in [9.17, 15) is 14.7 Å². The summed E-state index contributed by atoms with van der Waals surface area (Å²) >= 11 is 2.73. The van der Waals surface area contributed by atoms with E-state index in [0.29, 0.717) is 21.4 Å². The Balaban J connectivity index is 1.11. The fourth-order valence-corrected chi connectivity index (χ4v) is 7.01. The van der Waals surface area contributed by atoms with E-state index in [1.165, 1.54) is 22.7 Å². The maximum Gasteiger partial charge on any atom is 0.349 e. The molecule has 0 unspecified atom stereocenters. The minimum atomic E-state index is -1.74. The molecule has 3 aromatic heterocycles. The van der Waals surface area contributed by atoms with Crippen LogP contribution < -0.4 is 0 Å². The van der Waals surface area contributed by atoms with Gasteiger partial charge in [0, 0.05) is 35.2 Å². The second-order valence-corrected chi connectivity index (χ2v) is 11.7. The fraction of sp³-hybridized carbons (Fsp3) is 0.379. The molecule has 0 saturated heterocycles. The van der Waals surface area contributed by atoms with Gasteiger partial charge in [0.1, 0.15) is 12.4 Å². The number of aliphatic hydroxyl groups is 1. The van der Waals surface area contributed by atoms with Crippen LogP contribution in [0.15, 0.2) is 65.5 Å². The Bertz CT molecular complexity index is 1290. The standard InChI is InChI=1S/C29H32N2O4S2/c1-30(14-4-15-31-16-13-22-19-21(20-32)7-12-25(22)31)23-8-10-24(11-9-23)35-28(33)29(34,26-5-2-17-36-26)27-6-3-18-37-27/h2-3,5-7,12-13,16-20,23-24,34H,4,8-11,14-15H2,1H3/t23-,24-. The van der Waals surface area contributed by atoms with E-state index in [4.69, 9.17) is 4.74 Å². The Hall–Kier alpha value is -2.78. The number of carbonyl (C=O) groups excluding carboxylic acids is 2. The van der Waals surface area contributed by atoms with Crippen LogP contribution in [0.3, 0.4) is 0 Å². The van der Waals surface area contributed by atoms with Gasteiger partial charge in [-0.1, -0.05) is 12.1 Å². The predicted molar refractivity (Wildman–Crippen MR) is 148 cm³/mol. The topological polar surface area (TPSA) is 71.8 Å². The molecular formula is C29H32N2O4S2. The summed E-state index contributed by atoms with van der Waals surface area (Å²) in [5, 5.41) is 16.3. The van der Waals surface area contributed by atoms with Gasteiger partial charge in [-0.15, -0.1) is 22.7 Å². The molecule has 37 heavy (non-hydrogen) atoms. The molecule has 194 valence electrons. The highest BCUT2D eigenvalue weighted by Crippen LogP contribution is 2.38. The van der Waals surface area contributed by atoms with Crippen LogP contribution in [0.5, 0.6) is 0 Å². The molecule has 8 heteroatoms. The molecule has 0 atom stereocenters. The van der Waals surface area contributed by atoms with Crippen molar-refractivity contribution in [1.29, 1.82) is 0 Å².